The summed E-state index contributed by atoms with van der Waals surface area (Å²) in [7, 11) is 3.67. The van der Waals surface area contributed by atoms with Crippen molar-refractivity contribution in [3.8, 4) is 5.75 Å². The Hall–Kier alpha value is -2.12. The zero-order valence-electron chi connectivity index (χ0n) is 16.3. The molecule has 3 rings (SSSR count). The molecular formula is C20H30N4O3. The first-order valence-electron chi connectivity index (χ1n) is 9.66. The molecule has 1 aromatic rings. The molecule has 7 heteroatoms. The van der Waals surface area contributed by atoms with Gasteiger partial charge in [0, 0.05) is 38.3 Å². The van der Waals surface area contributed by atoms with E-state index in [1.165, 1.54) is 0 Å². The van der Waals surface area contributed by atoms with Crippen LogP contribution in [0.5, 0.6) is 5.75 Å². The van der Waals surface area contributed by atoms with E-state index in [0.717, 1.165) is 56.8 Å². The lowest BCUT2D eigenvalue weighted by atomic mass is 9.85. The highest BCUT2D eigenvalue weighted by molar-refractivity contribution is 5.86. The van der Waals surface area contributed by atoms with Crippen LogP contribution in [0.1, 0.15) is 24.8 Å². The largest absolute Gasteiger partial charge is 0.496 e. The normalized spacial score (nSPS) is 20.7. The Morgan fingerprint density at radius 1 is 1.26 bits per heavy atom. The Morgan fingerprint density at radius 3 is 2.74 bits per heavy atom. The molecule has 2 aliphatic rings. The Labute approximate surface area is 161 Å². The fraction of sp³-hybridized carbons (Fsp3) is 0.600. The van der Waals surface area contributed by atoms with Crippen LogP contribution in [0, 0.1) is 0 Å². The Morgan fingerprint density at radius 2 is 2.00 bits per heavy atom. The van der Waals surface area contributed by atoms with Crippen LogP contribution in [0.4, 0.5) is 0 Å². The average Bonchev–Trinajstić information content (AvgIpc) is 2.82. The summed E-state index contributed by atoms with van der Waals surface area (Å²) < 4.78 is 5.32. The maximum absolute atomic E-state index is 12.6. The number of benzene rings is 1. The van der Waals surface area contributed by atoms with Crippen LogP contribution in [-0.4, -0.2) is 74.0 Å². The number of likely N-dealkylation sites (N-methyl/N-ethyl adjacent to an activating group) is 1. The van der Waals surface area contributed by atoms with Crippen molar-refractivity contribution in [3.05, 3.63) is 29.8 Å². The molecule has 0 unspecified atom stereocenters. The lowest BCUT2D eigenvalue weighted by molar-refractivity contribution is -0.135. The van der Waals surface area contributed by atoms with Gasteiger partial charge in [0.25, 0.3) is 0 Å². The van der Waals surface area contributed by atoms with Gasteiger partial charge in [-0.3, -0.25) is 19.4 Å². The molecule has 2 amide bonds. The summed E-state index contributed by atoms with van der Waals surface area (Å²) in [5, 5.41) is 6.02. The van der Waals surface area contributed by atoms with Crippen molar-refractivity contribution in [2.45, 2.75) is 31.3 Å². The quantitative estimate of drug-likeness (QED) is 0.790. The van der Waals surface area contributed by atoms with Gasteiger partial charge in [-0.25, -0.2) is 0 Å². The molecule has 0 radical (unpaired) electrons. The average molecular weight is 374 g/mol. The SMILES string of the molecule is COc1ccccc1CNC(=O)CN1CCC2(CC1)C(=O)NCCCN2C. The van der Waals surface area contributed by atoms with Gasteiger partial charge >= 0.3 is 0 Å². The third-order valence-electron chi connectivity index (χ3n) is 5.83. The van der Waals surface area contributed by atoms with Crippen LogP contribution in [0.15, 0.2) is 24.3 Å². The minimum Gasteiger partial charge on any atom is -0.496 e. The van der Waals surface area contributed by atoms with Gasteiger partial charge in [0.05, 0.1) is 13.7 Å². The van der Waals surface area contributed by atoms with Gasteiger partial charge in [0.15, 0.2) is 0 Å². The van der Waals surface area contributed by atoms with Crippen molar-refractivity contribution in [3.63, 3.8) is 0 Å². The standard InChI is InChI=1S/C20H30N4O3/c1-23-11-5-10-21-19(26)20(23)8-12-24(13-9-20)15-18(25)22-14-16-6-3-4-7-17(16)27-2/h3-4,6-7H,5,8-15H2,1-2H3,(H,21,26)(H,22,25). The van der Waals surface area contributed by atoms with E-state index < -0.39 is 5.54 Å². The molecule has 0 atom stereocenters. The zero-order valence-corrected chi connectivity index (χ0v) is 16.3. The Kier molecular flexibility index (Phi) is 6.34. The van der Waals surface area contributed by atoms with Gasteiger partial charge in [-0.15, -0.1) is 0 Å². The van der Waals surface area contributed by atoms with Crippen molar-refractivity contribution < 1.29 is 14.3 Å². The smallest absolute Gasteiger partial charge is 0.240 e. The first-order chi connectivity index (χ1) is 13.0. The van der Waals surface area contributed by atoms with E-state index in [9.17, 15) is 9.59 Å². The van der Waals surface area contributed by atoms with Crippen LogP contribution in [-0.2, 0) is 16.1 Å². The predicted octanol–water partition coefficient (Wildman–Crippen LogP) is 0.598. The Bertz CT molecular complexity index is 671. The van der Waals surface area contributed by atoms with E-state index in [2.05, 4.69) is 20.4 Å². The summed E-state index contributed by atoms with van der Waals surface area (Å²) >= 11 is 0. The van der Waals surface area contributed by atoms with E-state index in [4.69, 9.17) is 4.74 Å². The highest BCUT2D eigenvalue weighted by atomic mass is 16.5. The van der Waals surface area contributed by atoms with Gasteiger partial charge in [-0.1, -0.05) is 18.2 Å². The summed E-state index contributed by atoms with van der Waals surface area (Å²) in [6, 6.07) is 7.68. The molecule has 7 nitrogen and oxygen atoms in total. The Balaban J connectivity index is 1.50. The van der Waals surface area contributed by atoms with Gasteiger partial charge in [0.2, 0.25) is 11.8 Å². The second-order valence-corrected chi connectivity index (χ2v) is 7.43. The highest BCUT2D eigenvalue weighted by Crippen LogP contribution is 2.29. The maximum atomic E-state index is 12.6. The molecule has 2 N–H and O–H groups in total. The lowest BCUT2D eigenvalue weighted by Gasteiger charge is -2.44. The van der Waals surface area contributed by atoms with Crippen molar-refractivity contribution in [1.82, 2.24) is 20.4 Å². The van der Waals surface area contributed by atoms with E-state index in [-0.39, 0.29) is 11.8 Å². The molecule has 2 saturated heterocycles. The number of nitrogens with zero attached hydrogens (tertiary/aromatic N) is 2. The highest BCUT2D eigenvalue weighted by Gasteiger charge is 2.45. The number of carbonyl (C=O) groups is 2. The van der Waals surface area contributed by atoms with Gasteiger partial charge in [-0.05, 0) is 32.4 Å². The van der Waals surface area contributed by atoms with Gasteiger partial charge in [-0.2, -0.15) is 0 Å². The van der Waals surface area contributed by atoms with Crippen molar-refractivity contribution in [2.75, 3.05) is 46.9 Å². The zero-order chi connectivity index (χ0) is 19.3. The molecule has 2 aliphatic heterocycles. The van der Waals surface area contributed by atoms with Crippen LogP contribution < -0.4 is 15.4 Å². The summed E-state index contributed by atoms with van der Waals surface area (Å²) in [5.74, 6) is 0.915. The van der Waals surface area contributed by atoms with Gasteiger partial charge in [0.1, 0.15) is 11.3 Å². The number of hydrogen-bond donors (Lipinski definition) is 2. The number of amides is 2. The topological polar surface area (TPSA) is 73.9 Å². The molecule has 1 aromatic carbocycles. The van der Waals surface area contributed by atoms with E-state index in [0.29, 0.717) is 13.1 Å². The number of ether oxygens (including phenoxy) is 1. The number of para-hydroxylation sites is 1. The molecule has 0 aromatic heterocycles. The first kappa shape index (κ1) is 19.6. The summed E-state index contributed by atoms with van der Waals surface area (Å²) in [6.45, 7) is 3.99. The number of likely N-dealkylation sites (tertiary alicyclic amines) is 1. The number of hydrogen-bond acceptors (Lipinski definition) is 5. The van der Waals surface area contributed by atoms with Crippen molar-refractivity contribution in [1.29, 1.82) is 0 Å². The molecule has 1 spiro atoms. The van der Waals surface area contributed by atoms with Crippen molar-refractivity contribution >= 4 is 11.8 Å². The first-order valence-corrected chi connectivity index (χ1v) is 9.66. The second kappa shape index (κ2) is 8.71. The minimum atomic E-state index is -0.416. The predicted molar refractivity (Wildman–Crippen MR) is 104 cm³/mol. The summed E-state index contributed by atoms with van der Waals surface area (Å²) in [4.78, 5) is 29.3. The van der Waals surface area contributed by atoms with Crippen LogP contribution in [0.25, 0.3) is 0 Å². The number of carbonyl (C=O) groups excluding carboxylic acids is 2. The molecule has 0 bridgehead atoms. The van der Waals surface area contributed by atoms with Gasteiger partial charge < -0.3 is 15.4 Å². The molecular weight excluding hydrogens is 344 g/mol. The maximum Gasteiger partial charge on any atom is 0.240 e. The summed E-state index contributed by atoms with van der Waals surface area (Å²) in [5.41, 5.74) is 0.545. The van der Waals surface area contributed by atoms with Crippen LogP contribution in [0.2, 0.25) is 0 Å². The molecule has 2 heterocycles. The third-order valence-corrected chi connectivity index (χ3v) is 5.83. The lowest BCUT2D eigenvalue weighted by Crippen LogP contribution is -2.61. The monoisotopic (exact) mass is 374 g/mol. The fourth-order valence-electron chi connectivity index (χ4n) is 4.06. The second-order valence-electron chi connectivity index (χ2n) is 7.43. The molecule has 0 aliphatic carbocycles. The number of rotatable bonds is 5. The van der Waals surface area contributed by atoms with E-state index in [1.807, 2.05) is 31.3 Å². The van der Waals surface area contributed by atoms with E-state index >= 15 is 0 Å². The molecule has 0 saturated carbocycles. The van der Waals surface area contributed by atoms with E-state index in [1.54, 1.807) is 7.11 Å². The number of nitrogens with one attached hydrogen (secondary N) is 2. The van der Waals surface area contributed by atoms with Crippen LogP contribution >= 0.6 is 0 Å². The molecule has 27 heavy (non-hydrogen) atoms. The number of methoxy groups -OCH3 is 1. The minimum absolute atomic E-state index is 0.00414. The number of piperidine rings is 1. The molecule has 2 fully saturated rings. The van der Waals surface area contributed by atoms with Crippen LogP contribution in [0.3, 0.4) is 0 Å². The fourth-order valence-corrected chi connectivity index (χ4v) is 4.06. The third kappa shape index (κ3) is 4.42. The van der Waals surface area contributed by atoms with Crippen molar-refractivity contribution in [2.24, 2.45) is 0 Å². The summed E-state index contributed by atoms with van der Waals surface area (Å²) in [6.07, 6.45) is 2.50. The molecule has 148 valence electrons.